The van der Waals surface area contributed by atoms with Crippen LogP contribution in [0.15, 0.2) is 23.1 Å². The minimum atomic E-state index is -4.58. The third-order valence-corrected chi connectivity index (χ3v) is 3.42. The largest absolute Gasteiger partial charge is 0.495 e. The molecule has 0 amide bonds. The molecule has 0 saturated heterocycles. The lowest BCUT2D eigenvalue weighted by Crippen LogP contribution is -2.30. The first-order chi connectivity index (χ1) is 8.24. The molecule has 0 saturated carbocycles. The zero-order valence-corrected chi connectivity index (χ0v) is 10.1. The third kappa shape index (κ3) is 4.00. The number of ether oxygens (including phenoxy) is 1. The van der Waals surface area contributed by atoms with Crippen molar-refractivity contribution in [1.29, 1.82) is 0 Å². The second-order valence-electron chi connectivity index (χ2n) is 3.39. The Morgan fingerprint density at radius 1 is 1.39 bits per heavy atom. The van der Waals surface area contributed by atoms with Crippen LogP contribution in [0.3, 0.4) is 0 Å². The molecule has 1 aromatic carbocycles. The number of halogens is 3. The molecule has 100 valence electrons. The van der Waals surface area contributed by atoms with Crippen molar-refractivity contribution in [2.24, 2.45) is 0 Å². The molecule has 9 heteroatoms. The standard InChI is InChI=1S/C9H10BF3O4S/c1-17-7-3-2-6(10(14)15)4-8(7)18(16)5-9(11,12)13/h2-4,14-15H,5H2,1H3/t18-/m0/s1. The van der Waals surface area contributed by atoms with Crippen molar-refractivity contribution in [3.8, 4) is 5.75 Å². The summed E-state index contributed by atoms with van der Waals surface area (Å²) in [6.07, 6.45) is -4.58. The molecule has 0 heterocycles. The molecule has 1 aromatic rings. The van der Waals surface area contributed by atoms with Gasteiger partial charge in [0.25, 0.3) is 0 Å². The Morgan fingerprint density at radius 3 is 2.44 bits per heavy atom. The maximum Gasteiger partial charge on any atom is 0.488 e. The minimum Gasteiger partial charge on any atom is -0.495 e. The first kappa shape index (κ1) is 15.0. The molecule has 0 unspecified atom stereocenters. The van der Waals surface area contributed by atoms with E-state index in [0.717, 1.165) is 6.07 Å². The SMILES string of the molecule is COc1ccc(B(O)O)cc1[S@@](=O)CC(F)(F)F. The molecule has 4 nitrogen and oxygen atoms in total. The van der Waals surface area contributed by atoms with Crippen LogP contribution in [0, 0.1) is 0 Å². The number of hydrogen-bond acceptors (Lipinski definition) is 4. The van der Waals surface area contributed by atoms with Gasteiger partial charge in [-0.25, -0.2) is 0 Å². The van der Waals surface area contributed by atoms with Crippen molar-refractivity contribution >= 4 is 23.4 Å². The zero-order valence-electron chi connectivity index (χ0n) is 9.27. The highest BCUT2D eigenvalue weighted by Gasteiger charge is 2.32. The van der Waals surface area contributed by atoms with E-state index in [1.807, 2.05) is 0 Å². The van der Waals surface area contributed by atoms with Crippen LogP contribution < -0.4 is 10.2 Å². The molecule has 1 atom stereocenters. The lowest BCUT2D eigenvalue weighted by molar-refractivity contribution is -0.105. The number of methoxy groups -OCH3 is 1. The Labute approximate surface area is 104 Å². The van der Waals surface area contributed by atoms with Gasteiger partial charge >= 0.3 is 13.3 Å². The summed E-state index contributed by atoms with van der Waals surface area (Å²) in [5.74, 6) is -1.52. The Morgan fingerprint density at radius 2 is 2.00 bits per heavy atom. The molecular weight excluding hydrogens is 272 g/mol. The normalized spacial score (nSPS) is 13.2. The minimum absolute atomic E-state index is 0.00184. The summed E-state index contributed by atoms with van der Waals surface area (Å²) in [4.78, 5) is -0.222. The maximum atomic E-state index is 12.2. The van der Waals surface area contributed by atoms with Crippen LogP contribution in [0.4, 0.5) is 13.2 Å². The predicted molar refractivity (Wildman–Crippen MR) is 60.2 cm³/mol. The average Bonchev–Trinajstić information content (AvgIpc) is 2.25. The third-order valence-electron chi connectivity index (χ3n) is 2.03. The summed E-state index contributed by atoms with van der Waals surface area (Å²) in [6, 6.07) is 3.52. The van der Waals surface area contributed by atoms with Gasteiger partial charge in [0.1, 0.15) is 11.5 Å². The van der Waals surface area contributed by atoms with Gasteiger partial charge < -0.3 is 14.8 Å². The topological polar surface area (TPSA) is 66.8 Å². The lowest BCUT2D eigenvalue weighted by atomic mass is 9.80. The monoisotopic (exact) mass is 282 g/mol. The molecule has 1 rings (SSSR count). The molecule has 0 aliphatic heterocycles. The smallest absolute Gasteiger partial charge is 0.488 e. The van der Waals surface area contributed by atoms with Gasteiger partial charge in [0.15, 0.2) is 0 Å². The highest BCUT2D eigenvalue weighted by atomic mass is 32.2. The zero-order chi connectivity index (χ0) is 13.9. The number of alkyl halides is 3. The number of hydrogen-bond donors (Lipinski definition) is 2. The summed E-state index contributed by atoms with van der Waals surface area (Å²) >= 11 is 0. The second-order valence-corrected chi connectivity index (χ2v) is 4.81. The van der Waals surface area contributed by atoms with Gasteiger partial charge in [-0.2, -0.15) is 13.2 Å². The van der Waals surface area contributed by atoms with Gasteiger partial charge in [-0.1, -0.05) is 6.07 Å². The van der Waals surface area contributed by atoms with E-state index in [1.165, 1.54) is 19.2 Å². The van der Waals surface area contributed by atoms with Crippen LogP contribution in [0.5, 0.6) is 5.75 Å². The van der Waals surface area contributed by atoms with E-state index in [1.54, 1.807) is 0 Å². The van der Waals surface area contributed by atoms with Crippen molar-refractivity contribution < 1.29 is 32.2 Å². The molecule has 0 aliphatic rings. The molecule has 0 fully saturated rings. The summed E-state index contributed by atoms with van der Waals surface area (Å²) in [7, 11) is -2.99. The predicted octanol–water partition coefficient (Wildman–Crippen LogP) is 0.0449. The molecule has 18 heavy (non-hydrogen) atoms. The van der Waals surface area contributed by atoms with E-state index in [2.05, 4.69) is 0 Å². The fourth-order valence-corrected chi connectivity index (χ4v) is 2.35. The first-order valence-corrected chi connectivity index (χ1v) is 6.05. The van der Waals surface area contributed by atoms with Crippen LogP contribution in [-0.2, 0) is 10.8 Å². The van der Waals surface area contributed by atoms with Crippen molar-refractivity contribution in [2.45, 2.75) is 11.1 Å². The van der Waals surface area contributed by atoms with E-state index in [-0.39, 0.29) is 16.1 Å². The van der Waals surface area contributed by atoms with Gasteiger partial charge in [0.2, 0.25) is 0 Å². The van der Waals surface area contributed by atoms with Crippen LogP contribution >= 0.6 is 0 Å². The molecular formula is C9H10BF3O4S. The quantitative estimate of drug-likeness (QED) is 0.765. The van der Waals surface area contributed by atoms with E-state index in [4.69, 9.17) is 14.8 Å². The van der Waals surface area contributed by atoms with E-state index < -0.39 is 29.8 Å². The first-order valence-electron chi connectivity index (χ1n) is 4.74. The highest BCUT2D eigenvalue weighted by molar-refractivity contribution is 7.85. The van der Waals surface area contributed by atoms with Gasteiger partial charge in [0, 0.05) is 0 Å². The summed E-state index contributed by atoms with van der Waals surface area (Å²) in [5, 5.41) is 17.8. The molecule has 0 radical (unpaired) electrons. The second kappa shape index (κ2) is 5.72. The fourth-order valence-electron chi connectivity index (χ4n) is 1.26. The van der Waals surface area contributed by atoms with Crippen molar-refractivity contribution in [3.05, 3.63) is 18.2 Å². The van der Waals surface area contributed by atoms with Gasteiger partial charge in [-0.15, -0.1) is 0 Å². The highest BCUT2D eigenvalue weighted by Crippen LogP contribution is 2.25. The van der Waals surface area contributed by atoms with E-state index in [0.29, 0.717) is 0 Å². The lowest BCUT2D eigenvalue weighted by Gasteiger charge is -2.11. The molecule has 2 N–H and O–H groups in total. The maximum absolute atomic E-state index is 12.2. The van der Waals surface area contributed by atoms with Crippen LogP contribution in [0.1, 0.15) is 0 Å². The average molecular weight is 282 g/mol. The van der Waals surface area contributed by atoms with Crippen molar-refractivity contribution in [3.63, 3.8) is 0 Å². The van der Waals surface area contributed by atoms with Crippen LogP contribution in [0.25, 0.3) is 0 Å². The van der Waals surface area contributed by atoms with Gasteiger partial charge in [0.05, 0.1) is 22.8 Å². The number of rotatable bonds is 4. The Kier molecular flexibility index (Phi) is 4.77. The van der Waals surface area contributed by atoms with Crippen molar-refractivity contribution in [1.82, 2.24) is 0 Å². The summed E-state index contributed by atoms with van der Waals surface area (Å²) in [6.45, 7) is 0. The van der Waals surface area contributed by atoms with E-state index >= 15 is 0 Å². The molecule has 0 spiro atoms. The molecule has 0 aliphatic carbocycles. The van der Waals surface area contributed by atoms with Gasteiger partial charge in [-0.05, 0) is 17.6 Å². The molecule has 0 aromatic heterocycles. The van der Waals surface area contributed by atoms with Crippen molar-refractivity contribution in [2.75, 3.05) is 12.9 Å². The Bertz CT molecular complexity index is 450. The van der Waals surface area contributed by atoms with Gasteiger partial charge in [-0.3, -0.25) is 4.21 Å². The van der Waals surface area contributed by atoms with Crippen LogP contribution in [-0.4, -0.2) is 40.4 Å². The number of benzene rings is 1. The van der Waals surface area contributed by atoms with E-state index in [9.17, 15) is 17.4 Å². The van der Waals surface area contributed by atoms with Crippen LogP contribution in [0.2, 0.25) is 0 Å². The molecule has 0 bridgehead atoms. The Balaban J connectivity index is 3.12. The fraction of sp³-hybridized carbons (Fsp3) is 0.333. The summed E-state index contributed by atoms with van der Waals surface area (Å²) in [5.41, 5.74) is -0.0543. The summed E-state index contributed by atoms with van der Waals surface area (Å²) < 4.78 is 52.8. The Hall–Kier alpha value is -1.06.